The van der Waals surface area contributed by atoms with E-state index in [0.717, 1.165) is 26.1 Å². The molecule has 0 rings (SSSR count). The molecule has 0 aliphatic heterocycles. The predicted molar refractivity (Wildman–Crippen MR) is 295 cm³/mol. The molecule has 0 unspecified atom stereocenters. The monoisotopic (exact) mass is 1040 g/mol. The Kier molecular flexibility index (Phi) is 68.0. The Labute approximate surface area is 444 Å². The van der Waals surface area contributed by atoms with Gasteiger partial charge in [-0.3, -0.25) is 0 Å². The third-order valence-corrected chi connectivity index (χ3v) is 12.7. The van der Waals surface area contributed by atoms with E-state index in [0.29, 0.717) is 139 Å². The number of aliphatic hydroxyl groups is 1. The van der Waals surface area contributed by atoms with E-state index in [1.807, 2.05) is 0 Å². The van der Waals surface area contributed by atoms with Crippen LogP contribution in [0.15, 0.2) is 0 Å². The van der Waals surface area contributed by atoms with Gasteiger partial charge in [0.1, 0.15) is 6.10 Å². The Morgan fingerprint density at radius 2 is 0.403 bits per heavy atom. The number of hydrogen-bond acceptors (Lipinski definition) is 13. The number of unbranched alkanes of at least 4 members (excludes halogenated alkanes) is 30. The third kappa shape index (κ3) is 65.6. The molecule has 72 heavy (non-hydrogen) atoms. The lowest BCUT2D eigenvalue weighted by molar-refractivity contribution is -0.0770. The molecule has 0 fully saturated rings. The fraction of sp³-hybridized carbons (Fsp3) is 1.00. The Balaban J connectivity index is 3.90. The Morgan fingerprint density at radius 1 is 0.208 bits per heavy atom. The van der Waals surface area contributed by atoms with E-state index >= 15 is 0 Å². The van der Waals surface area contributed by atoms with Crippen molar-refractivity contribution in [2.75, 3.05) is 159 Å². The van der Waals surface area contributed by atoms with Crippen LogP contribution in [0, 0.1) is 0 Å². The molecule has 0 amide bonds. The molecular weight excluding hydrogens is 917 g/mol. The van der Waals surface area contributed by atoms with E-state index in [1.54, 1.807) is 0 Å². The van der Waals surface area contributed by atoms with Gasteiger partial charge in [-0.25, -0.2) is 0 Å². The first-order chi connectivity index (χ1) is 35.8. The van der Waals surface area contributed by atoms with E-state index in [4.69, 9.17) is 61.9 Å². The van der Waals surface area contributed by atoms with Crippen molar-refractivity contribution in [3.8, 4) is 0 Å². The normalized spacial score (nSPS) is 11.8. The van der Waals surface area contributed by atoms with Gasteiger partial charge in [0, 0.05) is 13.2 Å². The van der Waals surface area contributed by atoms with Crippen molar-refractivity contribution in [1.29, 1.82) is 0 Å². The topological polar surface area (TPSA) is 131 Å². The minimum Gasteiger partial charge on any atom is -0.394 e. The Hall–Kier alpha value is -0.520. The fourth-order valence-corrected chi connectivity index (χ4v) is 8.28. The van der Waals surface area contributed by atoms with Gasteiger partial charge in [-0.05, 0) is 12.8 Å². The molecule has 13 heteroatoms. The van der Waals surface area contributed by atoms with Crippen LogP contribution in [-0.4, -0.2) is 170 Å². The summed E-state index contributed by atoms with van der Waals surface area (Å²) in [5.41, 5.74) is 0. The minimum atomic E-state index is -0.0786. The maximum atomic E-state index is 8.64. The maximum absolute atomic E-state index is 8.64. The summed E-state index contributed by atoms with van der Waals surface area (Å²) >= 11 is 0. The lowest BCUT2D eigenvalue weighted by atomic mass is 10.0. The number of hydrogen-bond donors (Lipinski definition) is 1. The Morgan fingerprint density at radius 3 is 0.625 bits per heavy atom. The maximum Gasteiger partial charge on any atom is 0.104 e. The van der Waals surface area contributed by atoms with Gasteiger partial charge in [-0.1, -0.05) is 206 Å². The molecule has 0 aromatic carbocycles. The molecule has 0 spiro atoms. The summed E-state index contributed by atoms with van der Waals surface area (Å²) in [6, 6.07) is 0. The van der Waals surface area contributed by atoms with Crippen LogP contribution in [-0.2, 0) is 56.8 Å². The molecule has 0 bridgehead atoms. The van der Waals surface area contributed by atoms with Crippen LogP contribution >= 0.6 is 0 Å². The van der Waals surface area contributed by atoms with E-state index in [2.05, 4.69) is 13.8 Å². The first-order valence-electron chi connectivity index (χ1n) is 30.4. The second-order valence-electron chi connectivity index (χ2n) is 19.5. The van der Waals surface area contributed by atoms with Gasteiger partial charge in [0.05, 0.1) is 145 Å². The quantitative estimate of drug-likeness (QED) is 0.0581. The SMILES string of the molecule is CCCCCCCCCCCCCCCCCCOCC(COCCCCCCCCCCCCCCCCCC)OCCOCCOCCOCCOCCOCCOCCOCCOCCOCCO. The van der Waals surface area contributed by atoms with E-state index in [-0.39, 0.29) is 12.7 Å². The highest BCUT2D eigenvalue weighted by Gasteiger charge is 2.11. The lowest BCUT2D eigenvalue weighted by Crippen LogP contribution is -2.28. The molecule has 1 N–H and O–H groups in total. The second-order valence-corrected chi connectivity index (χ2v) is 19.5. The molecule has 434 valence electrons. The van der Waals surface area contributed by atoms with Gasteiger partial charge < -0.3 is 61.9 Å². The number of aliphatic hydroxyl groups excluding tert-OH is 1. The summed E-state index contributed by atoms with van der Waals surface area (Å²) < 4.78 is 68.0. The second kappa shape index (κ2) is 68.5. The average molecular weight is 1040 g/mol. The molecule has 0 atom stereocenters. The summed E-state index contributed by atoms with van der Waals surface area (Å²) in [4.78, 5) is 0. The van der Waals surface area contributed by atoms with Crippen molar-refractivity contribution in [2.45, 2.75) is 225 Å². The van der Waals surface area contributed by atoms with Crippen LogP contribution in [0.25, 0.3) is 0 Å². The molecule has 0 aromatic rings. The average Bonchev–Trinajstić information content (AvgIpc) is 3.39. The zero-order chi connectivity index (χ0) is 51.7. The summed E-state index contributed by atoms with van der Waals surface area (Å²) in [6.45, 7) is 16.8. The van der Waals surface area contributed by atoms with Gasteiger partial charge in [-0.2, -0.15) is 0 Å². The van der Waals surface area contributed by atoms with Crippen molar-refractivity contribution in [1.82, 2.24) is 0 Å². The van der Waals surface area contributed by atoms with E-state index in [9.17, 15) is 0 Å². The van der Waals surface area contributed by atoms with E-state index < -0.39 is 0 Å². The molecule has 0 saturated heterocycles. The summed E-state index contributed by atoms with van der Waals surface area (Å²) in [6.07, 6.45) is 43.9. The van der Waals surface area contributed by atoms with Crippen molar-refractivity contribution in [3.63, 3.8) is 0 Å². The molecule has 0 radical (unpaired) electrons. The number of rotatable bonds is 68. The van der Waals surface area contributed by atoms with Crippen LogP contribution in [0.4, 0.5) is 0 Å². The number of ether oxygens (including phenoxy) is 12. The highest BCUT2D eigenvalue weighted by Crippen LogP contribution is 2.16. The third-order valence-electron chi connectivity index (χ3n) is 12.7. The van der Waals surface area contributed by atoms with Crippen molar-refractivity contribution in [2.24, 2.45) is 0 Å². The first kappa shape index (κ1) is 71.5. The summed E-state index contributed by atoms with van der Waals surface area (Å²) in [5, 5.41) is 8.64. The van der Waals surface area contributed by atoms with Gasteiger partial charge in [0.15, 0.2) is 0 Å². The van der Waals surface area contributed by atoms with Crippen LogP contribution in [0.3, 0.4) is 0 Å². The first-order valence-corrected chi connectivity index (χ1v) is 30.4. The van der Waals surface area contributed by atoms with Crippen LogP contribution in [0.1, 0.15) is 219 Å². The van der Waals surface area contributed by atoms with Gasteiger partial charge >= 0.3 is 0 Å². The molecule has 0 heterocycles. The van der Waals surface area contributed by atoms with E-state index in [1.165, 1.54) is 193 Å². The molecular formula is C59H120O13. The minimum absolute atomic E-state index is 0.0267. The molecule has 0 saturated carbocycles. The molecule has 0 aromatic heterocycles. The van der Waals surface area contributed by atoms with Gasteiger partial charge in [-0.15, -0.1) is 0 Å². The molecule has 13 nitrogen and oxygen atoms in total. The van der Waals surface area contributed by atoms with Gasteiger partial charge in [0.25, 0.3) is 0 Å². The smallest absolute Gasteiger partial charge is 0.104 e. The highest BCUT2D eigenvalue weighted by molar-refractivity contribution is 4.58. The standard InChI is InChI=1S/C59H120O13/c1-3-5-7-9-11-13-15-17-19-21-23-25-27-29-31-33-36-70-57-59(58-71-37-34-32-30-28-26-24-22-20-18-16-14-12-10-8-6-4-2)72-56-55-69-54-53-68-52-51-67-50-49-66-48-47-65-46-45-64-44-43-63-42-41-62-40-39-61-38-35-60/h59-60H,3-58H2,1-2H3. The summed E-state index contributed by atoms with van der Waals surface area (Å²) in [7, 11) is 0. The van der Waals surface area contributed by atoms with Crippen molar-refractivity contribution < 1.29 is 61.9 Å². The molecule has 0 aliphatic rings. The summed E-state index contributed by atoms with van der Waals surface area (Å²) in [5.74, 6) is 0. The Bertz CT molecular complexity index is 882. The van der Waals surface area contributed by atoms with Crippen LogP contribution < -0.4 is 0 Å². The van der Waals surface area contributed by atoms with Crippen LogP contribution in [0.2, 0.25) is 0 Å². The van der Waals surface area contributed by atoms with Crippen molar-refractivity contribution in [3.05, 3.63) is 0 Å². The van der Waals surface area contributed by atoms with Gasteiger partial charge in [0.2, 0.25) is 0 Å². The zero-order valence-electron chi connectivity index (χ0n) is 47.5. The molecule has 0 aliphatic carbocycles. The lowest BCUT2D eigenvalue weighted by Gasteiger charge is -2.18. The van der Waals surface area contributed by atoms with Crippen LogP contribution in [0.5, 0.6) is 0 Å². The zero-order valence-corrected chi connectivity index (χ0v) is 47.5. The predicted octanol–water partition coefficient (Wildman–Crippen LogP) is 13.1. The largest absolute Gasteiger partial charge is 0.394 e. The fourth-order valence-electron chi connectivity index (χ4n) is 8.28. The van der Waals surface area contributed by atoms with Crippen molar-refractivity contribution >= 4 is 0 Å². The highest BCUT2D eigenvalue weighted by atomic mass is 16.6.